The van der Waals surface area contributed by atoms with Crippen LogP contribution in [-0.4, -0.2) is 129 Å². The van der Waals surface area contributed by atoms with E-state index in [4.69, 9.17) is 19.7 Å². The maximum absolute atomic E-state index is 12.9. The Morgan fingerprint density at radius 1 is 0.638 bits per heavy atom. The molecule has 2 aromatic carbocycles. The lowest BCUT2D eigenvalue weighted by atomic mass is 9.97. The van der Waals surface area contributed by atoms with Crippen LogP contribution in [-0.2, 0) is 16.0 Å². The second-order valence-corrected chi connectivity index (χ2v) is 20.0. The number of imidazole rings is 2. The number of hydrogen-bond acceptors (Lipinski definition) is 13. The fourth-order valence-electron chi connectivity index (χ4n) is 11.4. The number of aromatic nitrogens is 8. The van der Waals surface area contributed by atoms with Crippen molar-refractivity contribution in [2.24, 2.45) is 11.8 Å². The summed E-state index contributed by atoms with van der Waals surface area (Å²) in [7, 11) is 0. The number of hydrogen-bond donors (Lipinski definition) is 3. The van der Waals surface area contributed by atoms with Crippen molar-refractivity contribution in [3.05, 3.63) is 116 Å². The smallest absolute Gasteiger partial charge is 0.276 e. The number of rotatable bonds is 9. The highest BCUT2D eigenvalue weighted by atomic mass is 16.5. The molecule has 4 aromatic heterocycles. The van der Waals surface area contributed by atoms with E-state index in [0.717, 1.165) is 152 Å². The third-order valence-corrected chi connectivity index (χ3v) is 15.3. The van der Waals surface area contributed by atoms with Crippen LogP contribution in [0.4, 0.5) is 11.4 Å². The molecular weight excluding hydrogens is 873 g/mol. The van der Waals surface area contributed by atoms with Gasteiger partial charge in [0, 0.05) is 119 Å². The van der Waals surface area contributed by atoms with Gasteiger partial charge in [0.2, 0.25) is 0 Å². The minimum absolute atomic E-state index is 0.0964. The van der Waals surface area contributed by atoms with Crippen molar-refractivity contribution in [1.29, 1.82) is 0 Å². The van der Waals surface area contributed by atoms with E-state index in [9.17, 15) is 14.4 Å². The number of ether oxygens (including phenoxy) is 2. The van der Waals surface area contributed by atoms with Gasteiger partial charge in [0.1, 0.15) is 23.3 Å². The molecule has 6 aliphatic heterocycles. The van der Waals surface area contributed by atoms with Crippen molar-refractivity contribution in [1.82, 2.24) is 49.4 Å². The zero-order valence-corrected chi connectivity index (χ0v) is 40.2. The molecule has 17 heteroatoms. The second-order valence-electron chi connectivity index (χ2n) is 20.0. The molecule has 366 valence electrons. The fraction of sp³-hybridized carbons (Fsp3) is 0.558. The molecule has 4 atom stereocenters. The van der Waals surface area contributed by atoms with E-state index in [1.165, 1.54) is 36.9 Å². The first-order valence-electron chi connectivity index (χ1n) is 25.5. The number of fused-ring (bicyclic) bond motifs is 2. The molecule has 0 aliphatic carbocycles. The van der Waals surface area contributed by atoms with Gasteiger partial charge >= 0.3 is 0 Å². The highest BCUT2D eigenvalue weighted by molar-refractivity contribution is 5.84. The first-order chi connectivity index (χ1) is 33.8. The fourth-order valence-corrected chi connectivity index (χ4v) is 11.4. The number of H-pyrrole nitrogens is 2. The third-order valence-electron chi connectivity index (χ3n) is 15.3. The van der Waals surface area contributed by atoms with Crippen molar-refractivity contribution >= 4 is 28.7 Å². The summed E-state index contributed by atoms with van der Waals surface area (Å²) in [6.45, 7) is 16.6. The highest BCUT2D eigenvalue weighted by Crippen LogP contribution is 2.34. The predicted octanol–water partition coefficient (Wildman–Crippen LogP) is 5.88. The molecule has 6 aromatic rings. The van der Waals surface area contributed by atoms with Crippen LogP contribution in [0.3, 0.4) is 0 Å². The molecule has 0 amide bonds. The first kappa shape index (κ1) is 47.0. The van der Waals surface area contributed by atoms with Gasteiger partial charge in [-0.2, -0.15) is 10.2 Å². The van der Waals surface area contributed by atoms with Crippen LogP contribution in [0.15, 0.2) is 70.5 Å². The normalized spacial score (nSPS) is 23.6. The number of para-hydroxylation sites is 2. The van der Waals surface area contributed by atoms with Crippen molar-refractivity contribution in [3.63, 3.8) is 0 Å². The monoisotopic (exact) mass is 941 g/mol. The van der Waals surface area contributed by atoms with Crippen molar-refractivity contribution in [2.75, 3.05) is 88.6 Å². The molecule has 6 saturated heterocycles. The van der Waals surface area contributed by atoms with Gasteiger partial charge in [-0.15, -0.1) is 0 Å². The molecule has 6 aliphatic rings. The average molecular weight is 941 g/mol. The molecule has 0 radical (unpaired) electrons. The zero-order chi connectivity index (χ0) is 47.3. The average Bonchev–Trinajstić information content (AvgIpc) is 4.26. The topological polar surface area (TPSA) is 183 Å². The van der Waals surface area contributed by atoms with Gasteiger partial charge in [-0.1, -0.05) is 44.2 Å². The summed E-state index contributed by atoms with van der Waals surface area (Å²) < 4.78 is 14.5. The Labute approximate surface area is 403 Å². The van der Waals surface area contributed by atoms with E-state index < -0.39 is 0 Å². The van der Waals surface area contributed by atoms with Gasteiger partial charge in [0.25, 0.3) is 11.1 Å². The molecule has 0 bridgehead atoms. The van der Waals surface area contributed by atoms with Gasteiger partial charge in [-0.25, -0.2) is 19.0 Å². The number of nitrogens with zero attached hydrogens (tertiary/aromatic N) is 9. The number of anilines is 2. The maximum atomic E-state index is 12.9. The van der Waals surface area contributed by atoms with E-state index in [1.807, 2.05) is 28.8 Å². The van der Waals surface area contributed by atoms with Gasteiger partial charge in [-0.05, 0) is 93.5 Å². The largest absolute Gasteiger partial charge is 0.381 e. The Bertz CT molecular complexity index is 2800. The van der Waals surface area contributed by atoms with Crippen LogP contribution in [0, 0.1) is 11.8 Å². The Morgan fingerprint density at radius 2 is 1.16 bits per heavy atom. The molecule has 6 fully saturated rings. The zero-order valence-electron chi connectivity index (χ0n) is 40.2. The number of carbonyl (C=O) groups is 1. The summed E-state index contributed by atoms with van der Waals surface area (Å²) in [6, 6.07) is 16.6. The Morgan fingerprint density at radius 3 is 1.71 bits per heavy atom. The number of aldehydes is 1. The Balaban J connectivity index is 0.000000134. The minimum Gasteiger partial charge on any atom is -0.381 e. The molecular formula is C52H68N12O5. The van der Waals surface area contributed by atoms with E-state index >= 15 is 0 Å². The van der Waals surface area contributed by atoms with Crippen LogP contribution in [0.25, 0.3) is 11.0 Å². The van der Waals surface area contributed by atoms with Crippen molar-refractivity contribution in [3.8, 4) is 0 Å². The molecule has 4 unspecified atom stereocenters. The first-order valence-corrected chi connectivity index (χ1v) is 25.5. The molecule has 12 rings (SSSR count). The highest BCUT2D eigenvalue weighted by Gasteiger charge is 2.35. The number of benzene rings is 2. The lowest BCUT2D eigenvalue weighted by Gasteiger charge is -2.24. The molecule has 3 N–H and O–H groups in total. The minimum atomic E-state index is -0.102. The van der Waals surface area contributed by atoms with Crippen LogP contribution < -0.4 is 26.2 Å². The number of carbonyl (C=O) groups excluding carboxylic acids is 1. The summed E-state index contributed by atoms with van der Waals surface area (Å²) in [4.78, 5) is 58.5. The summed E-state index contributed by atoms with van der Waals surface area (Å²) in [5, 5.41) is 13.0. The molecule has 17 nitrogen and oxygen atoms in total. The van der Waals surface area contributed by atoms with Gasteiger partial charge in [0.05, 0.1) is 12.4 Å². The molecule has 69 heavy (non-hydrogen) atoms. The summed E-state index contributed by atoms with van der Waals surface area (Å²) in [5.41, 5.74) is 5.54. The molecule has 10 heterocycles. The maximum Gasteiger partial charge on any atom is 0.276 e. The predicted molar refractivity (Wildman–Crippen MR) is 266 cm³/mol. The van der Waals surface area contributed by atoms with E-state index in [-0.39, 0.29) is 28.9 Å². The quantitative estimate of drug-likeness (QED) is 0.146. The molecule has 0 saturated carbocycles. The SMILES string of the molecule is CC1CN(Cc2ccccc2N2CCCC2)CC1c1nn2c(C3CCOCC3)ncc2c(=O)[nH]1.CC1CNCC1c1nn2c(C3CCOCC3)ncc2c(=O)[nH]1.O=Cc1ccccc1N1CCCC1. The standard InChI is InChI=1S/C26H34N6O2.C15H21N5O2.C11H13NO/c1-18-15-30(16-20-6-2-3-7-22(20)31-10-4-5-11-31)17-21(18)24-28-26(33)23-14-27-25(32(23)29-24)19-8-12-34-13-9-19;1-9-6-16-7-11(9)13-18-15(21)12-8-17-14(20(12)19-13)10-2-4-22-5-3-10;13-9-10-5-1-2-6-11(10)12-7-3-4-8-12/h2-3,6-7,14,18-19,21H,4-5,8-13,15-17H2,1H3,(H,28,29,33);8-11,16H,2-7H2,1H3,(H,18,19,21);1-2,5-6,9H,3-4,7-8H2. The summed E-state index contributed by atoms with van der Waals surface area (Å²) >= 11 is 0. The summed E-state index contributed by atoms with van der Waals surface area (Å²) in [6.07, 6.45) is 13.0. The van der Waals surface area contributed by atoms with E-state index in [0.29, 0.717) is 28.8 Å². The Kier molecular flexibility index (Phi) is 14.6. The van der Waals surface area contributed by atoms with Crippen molar-refractivity contribution < 1.29 is 14.3 Å². The Hall–Kier alpha value is -5.75. The van der Waals surface area contributed by atoms with Gasteiger partial charge in [0.15, 0.2) is 17.3 Å². The van der Waals surface area contributed by atoms with Gasteiger partial charge < -0.3 is 34.6 Å². The number of likely N-dealkylation sites (tertiary alicyclic amines) is 1. The summed E-state index contributed by atoms with van der Waals surface area (Å²) in [5.74, 6) is 5.27. The lowest BCUT2D eigenvalue weighted by molar-refractivity contribution is 0.0831. The third kappa shape index (κ3) is 10.3. The van der Waals surface area contributed by atoms with Crippen LogP contribution in [0.5, 0.6) is 0 Å². The molecule has 0 spiro atoms. The number of aromatic amines is 2. The van der Waals surface area contributed by atoms with Crippen LogP contribution in [0.1, 0.15) is 128 Å². The van der Waals surface area contributed by atoms with Gasteiger partial charge in [-0.3, -0.25) is 19.3 Å². The second kappa shape index (κ2) is 21.5. The van der Waals surface area contributed by atoms with E-state index in [1.54, 1.807) is 16.9 Å². The lowest BCUT2D eigenvalue weighted by Crippen LogP contribution is -2.25. The number of nitrogens with one attached hydrogen (secondary N) is 3. The van der Waals surface area contributed by atoms with Crippen molar-refractivity contribution in [2.45, 2.75) is 95.4 Å². The van der Waals surface area contributed by atoms with Crippen LogP contribution in [0.2, 0.25) is 0 Å². The van der Waals surface area contributed by atoms with Crippen LogP contribution >= 0.6 is 0 Å². The van der Waals surface area contributed by atoms with E-state index in [2.05, 4.69) is 78.1 Å².